The lowest BCUT2D eigenvalue weighted by molar-refractivity contribution is 0.781. The molecule has 0 aliphatic heterocycles. The van der Waals surface area contributed by atoms with Crippen molar-refractivity contribution < 1.29 is 0 Å². The van der Waals surface area contributed by atoms with Crippen molar-refractivity contribution >= 4 is 15.9 Å². The van der Waals surface area contributed by atoms with E-state index in [9.17, 15) is 0 Å². The first-order chi connectivity index (χ1) is 7.16. The van der Waals surface area contributed by atoms with Crippen LogP contribution in [0, 0.1) is 0 Å². The van der Waals surface area contributed by atoms with Crippen LogP contribution >= 0.6 is 15.9 Å². The molecule has 0 radical (unpaired) electrons. The molecule has 4 heteroatoms. The van der Waals surface area contributed by atoms with E-state index in [-0.39, 0.29) is 0 Å². The summed E-state index contributed by atoms with van der Waals surface area (Å²) in [5.41, 5.74) is 1.03. The SMILES string of the molecule is CC(C)c1nc(-c2ccc(Br)cc2)n[nH]1. The molecule has 0 spiro atoms. The molecule has 0 aliphatic carbocycles. The quantitative estimate of drug-likeness (QED) is 0.905. The number of aromatic nitrogens is 3. The number of halogens is 1. The Labute approximate surface area is 97.1 Å². The normalized spacial score (nSPS) is 10.9. The number of aromatic amines is 1. The molecule has 0 unspecified atom stereocenters. The van der Waals surface area contributed by atoms with Gasteiger partial charge in [-0.15, -0.1) is 0 Å². The zero-order valence-electron chi connectivity index (χ0n) is 8.66. The zero-order chi connectivity index (χ0) is 10.8. The molecule has 1 N–H and O–H groups in total. The van der Waals surface area contributed by atoms with Gasteiger partial charge in [-0.3, -0.25) is 5.10 Å². The maximum atomic E-state index is 4.43. The van der Waals surface area contributed by atoms with Crippen molar-refractivity contribution in [3.05, 3.63) is 34.6 Å². The number of hydrogen-bond acceptors (Lipinski definition) is 2. The fourth-order valence-corrected chi connectivity index (χ4v) is 1.52. The van der Waals surface area contributed by atoms with Crippen LogP contribution in [0.4, 0.5) is 0 Å². The summed E-state index contributed by atoms with van der Waals surface area (Å²) in [7, 11) is 0. The number of hydrogen-bond donors (Lipinski definition) is 1. The van der Waals surface area contributed by atoms with Crippen molar-refractivity contribution in [3.8, 4) is 11.4 Å². The van der Waals surface area contributed by atoms with Gasteiger partial charge in [0.1, 0.15) is 5.82 Å². The van der Waals surface area contributed by atoms with E-state index in [1.165, 1.54) is 0 Å². The van der Waals surface area contributed by atoms with Crippen molar-refractivity contribution in [1.29, 1.82) is 0 Å². The average molecular weight is 266 g/mol. The molecule has 0 saturated carbocycles. The second-order valence-electron chi connectivity index (χ2n) is 3.71. The maximum Gasteiger partial charge on any atom is 0.181 e. The molecule has 1 aromatic heterocycles. The monoisotopic (exact) mass is 265 g/mol. The summed E-state index contributed by atoms with van der Waals surface area (Å²) in [6, 6.07) is 7.97. The third kappa shape index (κ3) is 2.26. The Morgan fingerprint density at radius 3 is 2.40 bits per heavy atom. The van der Waals surface area contributed by atoms with E-state index < -0.39 is 0 Å². The highest BCUT2D eigenvalue weighted by Crippen LogP contribution is 2.19. The van der Waals surface area contributed by atoms with Gasteiger partial charge >= 0.3 is 0 Å². The molecule has 0 aliphatic rings. The maximum absolute atomic E-state index is 4.43. The van der Waals surface area contributed by atoms with Crippen LogP contribution in [0.5, 0.6) is 0 Å². The first-order valence-corrected chi connectivity index (χ1v) is 5.64. The Hall–Kier alpha value is -1.16. The van der Waals surface area contributed by atoms with Crippen molar-refractivity contribution in [2.24, 2.45) is 0 Å². The van der Waals surface area contributed by atoms with E-state index in [2.05, 4.69) is 45.0 Å². The van der Waals surface area contributed by atoms with Gasteiger partial charge < -0.3 is 0 Å². The Morgan fingerprint density at radius 1 is 1.20 bits per heavy atom. The van der Waals surface area contributed by atoms with Crippen LogP contribution in [-0.2, 0) is 0 Å². The van der Waals surface area contributed by atoms with Gasteiger partial charge in [0.05, 0.1) is 0 Å². The van der Waals surface area contributed by atoms with E-state index in [0.717, 1.165) is 21.7 Å². The topological polar surface area (TPSA) is 41.6 Å². The van der Waals surface area contributed by atoms with E-state index in [0.29, 0.717) is 5.92 Å². The molecule has 2 rings (SSSR count). The smallest absolute Gasteiger partial charge is 0.181 e. The van der Waals surface area contributed by atoms with Gasteiger partial charge in [-0.05, 0) is 12.1 Å². The van der Waals surface area contributed by atoms with E-state index >= 15 is 0 Å². The second-order valence-corrected chi connectivity index (χ2v) is 4.62. The third-order valence-electron chi connectivity index (χ3n) is 2.15. The van der Waals surface area contributed by atoms with Crippen molar-refractivity contribution in [1.82, 2.24) is 15.2 Å². The molecule has 1 heterocycles. The van der Waals surface area contributed by atoms with Crippen molar-refractivity contribution in [2.45, 2.75) is 19.8 Å². The molecule has 15 heavy (non-hydrogen) atoms. The molecule has 0 amide bonds. The molecule has 0 fully saturated rings. The number of rotatable bonds is 2. The van der Waals surface area contributed by atoms with Gasteiger partial charge in [0.2, 0.25) is 0 Å². The summed E-state index contributed by atoms with van der Waals surface area (Å²) in [6.45, 7) is 4.18. The van der Waals surface area contributed by atoms with Crippen LogP contribution in [0.15, 0.2) is 28.7 Å². The minimum absolute atomic E-state index is 0.377. The Morgan fingerprint density at radius 2 is 1.87 bits per heavy atom. The number of nitrogens with zero attached hydrogens (tertiary/aromatic N) is 2. The minimum atomic E-state index is 0.377. The van der Waals surface area contributed by atoms with E-state index in [1.807, 2.05) is 24.3 Å². The fraction of sp³-hybridized carbons (Fsp3) is 0.273. The molecule has 1 aromatic carbocycles. The largest absolute Gasteiger partial charge is 0.262 e. The lowest BCUT2D eigenvalue weighted by atomic mass is 10.2. The molecular weight excluding hydrogens is 254 g/mol. The minimum Gasteiger partial charge on any atom is -0.262 e. The summed E-state index contributed by atoms with van der Waals surface area (Å²) in [5.74, 6) is 2.06. The second kappa shape index (κ2) is 4.14. The van der Waals surface area contributed by atoms with Gasteiger partial charge in [-0.25, -0.2) is 4.98 Å². The Bertz CT molecular complexity index is 445. The Kier molecular flexibility index (Phi) is 2.86. The van der Waals surface area contributed by atoms with Crippen LogP contribution < -0.4 is 0 Å². The summed E-state index contributed by atoms with van der Waals surface area (Å²) in [5, 5.41) is 7.13. The molecule has 0 saturated heterocycles. The van der Waals surface area contributed by atoms with Crippen LogP contribution in [0.3, 0.4) is 0 Å². The lowest BCUT2D eigenvalue weighted by Gasteiger charge is -1.96. The standard InChI is InChI=1S/C11H12BrN3/c1-7(2)10-13-11(15-14-10)8-3-5-9(12)6-4-8/h3-7H,1-2H3,(H,13,14,15). The Balaban J connectivity index is 2.33. The molecule has 3 nitrogen and oxygen atoms in total. The summed E-state index contributed by atoms with van der Waals surface area (Å²) >= 11 is 3.40. The highest BCUT2D eigenvalue weighted by Gasteiger charge is 2.07. The highest BCUT2D eigenvalue weighted by atomic mass is 79.9. The molecule has 78 valence electrons. The first kappa shape index (κ1) is 10.4. The number of benzene rings is 1. The van der Waals surface area contributed by atoms with Crippen molar-refractivity contribution in [2.75, 3.05) is 0 Å². The first-order valence-electron chi connectivity index (χ1n) is 4.85. The van der Waals surface area contributed by atoms with Gasteiger partial charge in [0.25, 0.3) is 0 Å². The van der Waals surface area contributed by atoms with Gasteiger partial charge in [0.15, 0.2) is 5.82 Å². The predicted octanol–water partition coefficient (Wildman–Crippen LogP) is 3.36. The fourth-order valence-electron chi connectivity index (χ4n) is 1.26. The summed E-state index contributed by atoms with van der Waals surface area (Å²) in [4.78, 5) is 4.43. The van der Waals surface area contributed by atoms with Crippen LogP contribution in [0.1, 0.15) is 25.6 Å². The van der Waals surface area contributed by atoms with Gasteiger partial charge in [-0.1, -0.05) is 41.9 Å². The molecule has 2 aromatic rings. The molecular formula is C11H12BrN3. The number of H-pyrrole nitrogens is 1. The van der Waals surface area contributed by atoms with Gasteiger partial charge in [0, 0.05) is 16.0 Å². The van der Waals surface area contributed by atoms with Crippen LogP contribution in [0.2, 0.25) is 0 Å². The molecule has 0 bridgehead atoms. The average Bonchev–Trinajstić information content (AvgIpc) is 2.68. The number of nitrogens with one attached hydrogen (secondary N) is 1. The third-order valence-corrected chi connectivity index (χ3v) is 2.68. The lowest BCUT2D eigenvalue weighted by Crippen LogP contribution is -1.89. The van der Waals surface area contributed by atoms with Gasteiger partial charge in [-0.2, -0.15) is 5.10 Å². The summed E-state index contributed by atoms with van der Waals surface area (Å²) in [6.07, 6.45) is 0. The summed E-state index contributed by atoms with van der Waals surface area (Å²) < 4.78 is 1.06. The van der Waals surface area contributed by atoms with E-state index in [1.54, 1.807) is 0 Å². The van der Waals surface area contributed by atoms with Crippen molar-refractivity contribution in [3.63, 3.8) is 0 Å². The molecule has 0 atom stereocenters. The predicted molar refractivity (Wildman–Crippen MR) is 63.6 cm³/mol. The van der Waals surface area contributed by atoms with Crippen LogP contribution in [0.25, 0.3) is 11.4 Å². The zero-order valence-corrected chi connectivity index (χ0v) is 10.2. The van der Waals surface area contributed by atoms with Crippen LogP contribution in [-0.4, -0.2) is 15.2 Å². The van der Waals surface area contributed by atoms with E-state index in [4.69, 9.17) is 0 Å². The highest BCUT2D eigenvalue weighted by molar-refractivity contribution is 9.10.